The minimum atomic E-state index is 0.0306. The van der Waals surface area contributed by atoms with Gasteiger partial charge in [0, 0.05) is 25.5 Å². The van der Waals surface area contributed by atoms with Crippen molar-refractivity contribution in [1.29, 1.82) is 0 Å². The molecule has 0 aromatic carbocycles. The average Bonchev–Trinajstić information content (AvgIpc) is 2.60. The Balaban J connectivity index is 2.28. The number of aliphatic hydroxyl groups excluding tert-OH is 1. The number of rotatable bonds is 2. The molecule has 16 heavy (non-hydrogen) atoms. The molecule has 1 atom stereocenters. The van der Waals surface area contributed by atoms with E-state index in [2.05, 4.69) is 36.8 Å². The summed E-state index contributed by atoms with van der Waals surface area (Å²) in [5.74, 6) is 0.0620. The quantitative estimate of drug-likeness (QED) is 0.830. The van der Waals surface area contributed by atoms with E-state index in [4.69, 9.17) is 5.11 Å². The molecule has 4 nitrogen and oxygen atoms in total. The number of pyridine rings is 1. The summed E-state index contributed by atoms with van der Waals surface area (Å²) in [5, 5.41) is 9.05. The van der Waals surface area contributed by atoms with Gasteiger partial charge >= 0.3 is 0 Å². The predicted molar refractivity (Wildman–Crippen MR) is 67.2 cm³/mol. The van der Waals surface area contributed by atoms with Crippen LogP contribution in [0, 0.1) is 5.92 Å². The zero-order valence-electron chi connectivity index (χ0n) is 8.36. The van der Waals surface area contributed by atoms with Crippen LogP contribution in [0.4, 0.5) is 5.69 Å². The lowest BCUT2D eigenvalue weighted by Crippen LogP contribution is -2.25. The predicted octanol–water partition coefficient (Wildman–Crippen LogP) is 1.95. The van der Waals surface area contributed by atoms with Gasteiger partial charge in [-0.1, -0.05) is 0 Å². The van der Waals surface area contributed by atoms with E-state index in [1.807, 2.05) is 6.07 Å². The molecule has 6 heteroatoms. The number of aromatic nitrogens is 1. The van der Waals surface area contributed by atoms with Crippen molar-refractivity contribution in [3.63, 3.8) is 0 Å². The van der Waals surface area contributed by atoms with Gasteiger partial charge in [0.25, 0.3) is 0 Å². The lowest BCUT2D eigenvalue weighted by Gasteiger charge is -2.17. The minimum Gasteiger partial charge on any atom is -0.396 e. The molecule has 1 aliphatic heterocycles. The van der Waals surface area contributed by atoms with E-state index in [-0.39, 0.29) is 18.4 Å². The summed E-state index contributed by atoms with van der Waals surface area (Å²) in [4.78, 5) is 17.6. The molecule has 1 aromatic heterocycles. The van der Waals surface area contributed by atoms with Gasteiger partial charge in [0.1, 0.15) is 9.21 Å². The molecule has 0 aliphatic carbocycles. The van der Waals surface area contributed by atoms with Crippen LogP contribution in [0.15, 0.2) is 21.3 Å². The van der Waals surface area contributed by atoms with Gasteiger partial charge in [-0.2, -0.15) is 0 Å². The summed E-state index contributed by atoms with van der Waals surface area (Å²) >= 11 is 6.59. The number of aliphatic hydroxyl groups is 1. The summed E-state index contributed by atoms with van der Waals surface area (Å²) in [6.07, 6.45) is 0.402. The third kappa shape index (κ3) is 2.28. The second kappa shape index (κ2) is 4.81. The first-order chi connectivity index (χ1) is 7.61. The number of amides is 1. The minimum absolute atomic E-state index is 0.0306. The normalized spacial score (nSPS) is 20.6. The van der Waals surface area contributed by atoms with Crippen LogP contribution in [0.1, 0.15) is 6.42 Å². The number of carbonyl (C=O) groups excluding carboxylic acids is 1. The van der Waals surface area contributed by atoms with Crippen molar-refractivity contribution in [1.82, 2.24) is 4.98 Å². The molecular formula is C10H10Br2N2O2. The molecule has 0 saturated carbocycles. The molecule has 86 valence electrons. The molecule has 2 heterocycles. The van der Waals surface area contributed by atoms with Gasteiger partial charge in [0.2, 0.25) is 5.91 Å². The first-order valence-corrected chi connectivity index (χ1v) is 6.43. The van der Waals surface area contributed by atoms with Crippen LogP contribution < -0.4 is 4.90 Å². The molecule has 1 saturated heterocycles. The van der Waals surface area contributed by atoms with Gasteiger partial charge in [0.05, 0.1) is 5.69 Å². The Morgan fingerprint density at radius 2 is 2.25 bits per heavy atom. The number of carbonyl (C=O) groups is 1. The Hall–Kier alpha value is -0.460. The lowest BCUT2D eigenvalue weighted by atomic mass is 10.1. The summed E-state index contributed by atoms with van der Waals surface area (Å²) < 4.78 is 1.35. The van der Waals surface area contributed by atoms with Crippen molar-refractivity contribution >= 4 is 43.5 Å². The standard InChI is InChI=1S/C10H10Br2N2O2/c11-8-2-1-7(10(12)13-8)14-4-6(5-15)3-9(14)16/h1-2,6,15H,3-5H2. The Morgan fingerprint density at radius 3 is 2.81 bits per heavy atom. The third-order valence-corrected chi connectivity index (χ3v) is 3.57. The second-order valence-electron chi connectivity index (χ2n) is 3.70. The van der Waals surface area contributed by atoms with Crippen LogP contribution >= 0.6 is 31.9 Å². The highest BCUT2D eigenvalue weighted by Gasteiger charge is 2.31. The Labute approximate surface area is 110 Å². The van der Waals surface area contributed by atoms with Gasteiger partial charge in [-0.25, -0.2) is 4.98 Å². The molecule has 0 radical (unpaired) electrons. The highest BCUT2D eigenvalue weighted by molar-refractivity contribution is 9.11. The highest BCUT2D eigenvalue weighted by Crippen LogP contribution is 2.31. The van der Waals surface area contributed by atoms with Gasteiger partial charge in [-0.3, -0.25) is 4.79 Å². The van der Waals surface area contributed by atoms with Crippen LogP contribution in [0.5, 0.6) is 0 Å². The van der Waals surface area contributed by atoms with E-state index in [1.54, 1.807) is 11.0 Å². The second-order valence-corrected chi connectivity index (χ2v) is 5.26. The number of hydrogen-bond acceptors (Lipinski definition) is 3. The fourth-order valence-electron chi connectivity index (χ4n) is 1.74. The highest BCUT2D eigenvalue weighted by atomic mass is 79.9. The molecule has 1 fully saturated rings. The fraction of sp³-hybridized carbons (Fsp3) is 0.400. The van der Waals surface area contributed by atoms with Crippen molar-refractivity contribution in [3.8, 4) is 0 Å². The Morgan fingerprint density at radius 1 is 1.50 bits per heavy atom. The largest absolute Gasteiger partial charge is 0.396 e. The Bertz CT molecular complexity index is 425. The van der Waals surface area contributed by atoms with Gasteiger partial charge in [0.15, 0.2) is 0 Å². The maximum atomic E-state index is 11.7. The monoisotopic (exact) mass is 348 g/mol. The average molecular weight is 350 g/mol. The molecule has 1 aliphatic rings. The van der Waals surface area contributed by atoms with E-state index in [1.165, 1.54) is 0 Å². The number of nitrogens with zero attached hydrogens (tertiary/aromatic N) is 2. The number of halogens is 2. The lowest BCUT2D eigenvalue weighted by molar-refractivity contribution is -0.117. The van der Waals surface area contributed by atoms with E-state index < -0.39 is 0 Å². The first kappa shape index (κ1) is 12.0. The fourth-order valence-corrected chi connectivity index (χ4v) is 2.83. The molecule has 0 bridgehead atoms. The topological polar surface area (TPSA) is 53.4 Å². The maximum absolute atomic E-state index is 11.7. The zero-order valence-corrected chi connectivity index (χ0v) is 11.5. The zero-order chi connectivity index (χ0) is 11.7. The van der Waals surface area contributed by atoms with Crippen LogP contribution in [-0.2, 0) is 4.79 Å². The molecule has 1 unspecified atom stereocenters. The van der Waals surface area contributed by atoms with Crippen LogP contribution in [-0.4, -0.2) is 29.1 Å². The van der Waals surface area contributed by atoms with Gasteiger partial charge in [-0.15, -0.1) is 0 Å². The van der Waals surface area contributed by atoms with Crippen molar-refractivity contribution < 1.29 is 9.90 Å². The smallest absolute Gasteiger partial charge is 0.227 e. The molecule has 2 rings (SSSR count). The van der Waals surface area contributed by atoms with Crippen LogP contribution in [0.25, 0.3) is 0 Å². The Kier molecular flexibility index (Phi) is 3.61. The molecule has 1 N–H and O–H groups in total. The van der Waals surface area contributed by atoms with Crippen LogP contribution in [0.3, 0.4) is 0 Å². The van der Waals surface area contributed by atoms with Crippen molar-refractivity contribution in [3.05, 3.63) is 21.3 Å². The van der Waals surface area contributed by atoms with Crippen molar-refractivity contribution in [2.24, 2.45) is 5.92 Å². The first-order valence-electron chi connectivity index (χ1n) is 4.85. The van der Waals surface area contributed by atoms with Gasteiger partial charge in [-0.05, 0) is 44.0 Å². The summed E-state index contributed by atoms with van der Waals surface area (Å²) in [5.41, 5.74) is 0.754. The molecule has 1 aromatic rings. The van der Waals surface area contributed by atoms with Crippen LogP contribution in [0.2, 0.25) is 0 Å². The van der Waals surface area contributed by atoms with E-state index in [0.717, 1.165) is 5.69 Å². The molecule has 0 spiro atoms. The molecular weight excluding hydrogens is 340 g/mol. The number of anilines is 1. The van der Waals surface area contributed by atoms with E-state index in [9.17, 15) is 4.79 Å². The van der Waals surface area contributed by atoms with Crippen molar-refractivity contribution in [2.45, 2.75) is 6.42 Å². The van der Waals surface area contributed by atoms with Crippen molar-refractivity contribution in [2.75, 3.05) is 18.1 Å². The summed E-state index contributed by atoms with van der Waals surface area (Å²) in [7, 11) is 0. The summed E-state index contributed by atoms with van der Waals surface area (Å²) in [6.45, 7) is 0.598. The maximum Gasteiger partial charge on any atom is 0.227 e. The van der Waals surface area contributed by atoms with E-state index >= 15 is 0 Å². The SMILES string of the molecule is O=C1CC(CO)CN1c1ccc(Br)nc1Br. The van der Waals surface area contributed by atoms with E-state index in [0.29, 0.717) is 22.2 Å². The molecule has 1 amide bonds. The summed E-state index contributed by atoms with van der Waals surface area (Å²) in [6, 6.07) is 3.62. The number of hydrogen-bond donors (Lipinski definition) is 1. The van der Waals surface area contributed by atoms with Gasteiger partial charge < -0.3 is 10.0 Å². The third-order valence-electron chi connectivity index (χ3n) is 2.55.